The molecule has 1 unspecified atom stereocenters. The Kier molecular flexibility index (Phi) is 6.53. The molecule has 2 amide bonds. The second-order valence-corrected chi connectivity index (χ2v) is 9.16. The number of anilines is 2. The van der Waals surface area contributed by atoms with Gasteiger partial charge in [-0.15, -0.1) is 0 Å². The number of aryl methyl sites for hydroxylation is 1. The van der Waals surface area contributed by atoms with Crippen molar-refractivity contribution in [1.29, 1.82) is 0 Å². The summed E-state index contributed by atoms with van der Waals surface area (Å²) in [6.45, 7) is 2.27. The number of hydrogen-bond acceptors (Lipinski definition) is 4. The average molecular weight is 416 g/mol. The van der Waals surface area contributed by atoms with Crippen molar-refractivity contribution in [3.8, 4) is 0 Å². The first-order chi connectivity index (χ1) is 13.8. The van der Waals surface area contributed by atoms with Crippen LogP contribution in [0.15, 0.2) is 54.6 Å². The van der Waals surface area contributed by atoms with E-state index in [1.165, 1.54) is 9.87 Å². The minimum absolute atomic E-state index is 0.118. The van der Waals surface area contributed by atoms with Gasteiger partial charge in [0.2, 0.25) is 10.0 Å². The van der Waals surface area contributed by atoms with Crippen molar-refractivity contribution >= 4 is 33.2 Å². The molecule has 8 heteroatoms. The van der Waals surface area contributed by atoms with Gasteiger partial charge in [0, 0.05) is 18.3 Å². The highest BCUT2D eigenvalue weighted by Crippen LogP contribution is 2.26. The Morgan fingerprint density at radius 3 is 2.52 bits per heavy atom. The van der Waals surface area contributed by atoms with Gasteiger partial charge < -0.3 is 10.6 Å². The molecule has 29 heavy (non-hydrogen) atoms. The van der Waals surface area contributed by atoms with Crippen LogP contribution in [-0.2, 0) is 26.0 Å². The van der Waals surface area contributed by atoms with Gasteiger partial charge in [-0.1, -0.05) is 36.4 Å². The molecule has 2 N–H and O–H groups in total. The van der Waals surface area contributed by atoms with Crippen molar-refractivity contribution in [3.63, 3.8) is 0 Å². The fourth-order valence-electron chi connectivity index (χ4n) is 3.25. The third kappa shape index (κ3) is 5.57. The van der Waals surface area contributed by atoms with E-state index in [4.69, 9.17) is 0 Å². The number of carbonyl (C=O) groups excluding carboxylic acids is 2. The maximum absolute atomic E-state index is 12.2. The Labute approximate surface area is 171 Å². The van der Waals surface area contributed by atoms with E-state index in [2.05, 4.69) is 10.6 Å². The summed E-state index contributed by atoms with van der Waals surface area (Å²) < 4.78 is 25.5. The zero-order valence-corrected chi connectivity index (χ0v) is 17.1. The zero-order chi connectivity index (χ0) is 20.9. The van der Waals surface area contributed by atoms with E-state index in [9.17, 15) is 18.0 Å². The third-order valence-corrected chi connectivity index (χ3v) is 6.65. The van der Waals surface area contributed by atoms with Crippen LogP contribution < -0.4 is 14.9 Å². The number of sulfonamides is 1. The van der Waals surface area contributed by atoms with E-state index in [-0.39, 0.29) is 11.8 Å². The van der Waals surface area contributed by atoms with Gasteiger partial charge in [0.1, 0.15) is 0 Å². The molecule has 0 bridgehead atoms. The van der Waals surface area contributed by atoms with Crippen molar-refractivity contribution in [3.05, 3.63) is 60.2 Å². The van der Waals surface area contributed by atoms with Crippen molar-refractivity contribution in [2.45, 2.75) is 32.2 Å². The minimum Gasteiger partial charge on any atom is -0.345 e. The minimum atomic E-state index is -3.31. The molecule has 0 saturated carbocycles. The monoisotopic (exact) mass is 415 g/mol. The van der Waals surface area contributed by atoms with Crippen LogP contribution in [0.4, 0.5) is 11.4 Å². The second-order valence-electron chi connectivity index (χ2n) is 7.14. The molecule has 154 valence electrons. The van der Waals surface area contributed by atoms with E-state index in [0.717, 1.165) is 6.42 Å². The maximum Gasteiger partial charge on any atom is 0.313 e. The quantitative estimate of drug-likeness (QED) is 0.708. The number of nitrogens with one attached hydrogen (secondary N) is 2. The Morgan fingerprint density at radius 1 is 1.07 bits per heavy atom. The number of carbonyl (C=O) groups is 2. The van der Waals surface area contributed by atoms with E-state index >= 15 is 0 Å². The SMILES string of the molecule is CC(CCc1ccccc1)NC(=O)C(=O)Nc1cccc(N2CCCS2(=O)=O)c1. The largest absolute Gasteiger partial charge is 0.345 e. The van der Waals surface area contributed by atoms with Crippen LogP contribution in [0.5, 0.6) is 0 Å². The number of rotatable bonds is 6. The summed E-state index contributed by atoms with van der Waals surface area (Å²) in [4.78, 5) is 24.4. The first-order valence-corrected chi connectivity index (χ1v) is 11.2. The number of amides is 2. The van der Waals surface area contributed by atoms with Crippen LogP contribution in [0.25, 0.3) is 0 Å². The normalized spacial score (nSPS) is 16.2. The number of hydrogen-bond donors (Lipinski definition) is 2. The molecule has 2 aromatic rings. The lowest BCUT2D eigenvalue weighted by molar-refractivity contribution is -0.136. The number of benzene rings is 2. The lowest BCUT2D eigenvalue weighted by Crippen LogP contribution is -2.40. The lowest BCUT2D eigenvalue weighted by Gasteiger charge is -2.18. The summed E-state index contributed by atoms with van der Waals surface area (Å²) in [5.74, 6) is -1.38. The van der Waals surface area contributed by atoms with Gasteiger partial charge >= 0.3 is 11.8 Å². The molecule has 0 radical (unpaired) electrons. The van der Waals surface area contributed by atoms with Crippen molar-refractivity contribution in [1.82, 2.24) is 5.32 Å². The highest BCUT2D eigenvalue weighted by Gasteiger charge is 2.28. The van der Waals surface area contributed by atoms with Crippen LogP contribution in [0.1, 0.15) is 25.3 Å². The third-order valence-electron chi connectivity index (χ3n) is 4.78. The second kappa shape index (κ2) is 9.09. The number of nitrogens with zero attached hydrogens (tertiary/aromatic N) is 1. The molecule has 3 rings (SSSR count). The molecule has 1 aliphatic heterocycles. The van der Waals surface area contributed by atoms with Gasteiger partial charge in [0.25, 0.3) is 0 Å². The highest BCUT2D eigenvalue weighted by molar-refractivity contribution is 7.93. The van der Waals surface area contributed by atoms with E-state index in [0.29, 0.717) is 30.8 Å². The maximum atomic E-state index is 12.2. The fraction of sp³-hybridized carbons (Fsp3) is 0.333. The van der Waals surface area contributed by atoms with Crippen molar-refractivity contribution in [2.24, 2.45) is 0 Å². The zero-order valence-electron chi connectivity index (χ0n) is 16.3. The summed E-state index contributed by atoms with van der Waals surface area (Å²) >= 11 is 0. The van der Waals surface area contributed by atoms with Gasteiger partial charge in [0.05, 0.1) is 11.4 Å². The Hall–Kier alpha value is -2.87. The smallest absolute Gasteiger partial charge is 0.313 e. The highest BCUT2D eigenvalue weighted by atomic mass is 32.2. The van der Waals surface area contributed by atoms with Crippen molar-refractivity contribution < 1.29 is 18.0 Å². The molecule has 2 aromatic carbocycles. The van der Waals surface area contributed by atoms with Gasteiger partial charge in [-0.25, -0.2) is 8.42 Å². The molecule has 1 saturated heterocycles. The van der Waals surface area contributed by atoms with Gasteiger partial charge in [-0.3, -0.25) is 13.9 Å². The van der Waals surface area contributed by atoms with Crippen LogP contribution >= 0.6 is 0 Å². The van der Waals surface area contributed by atoms with E-state index < -0.39 is 21.8 Å². The van der Waals surface area contributed by atoms with Crippen LogP contribution in [0, 0.1) is 0 Å². The van der Waals surface area contributed by atoms with Gasteiger partial charge in [-0.2, -0.15) is 0 Å². The first kappa shape index (κ1) is 20.9. The lowest BCUT2D eigenvalue weighted by atomic mass is 10.1. The molecule has 1 heterocycles. The summed E-state index contributed by atoms with van der Waals surface area (Å²) in [6, 6.07) is 16.3. The standard InChI is InChI=1S/C21H25N3O4S/c1-16(11-12-17-7-3-2-4-8-17)22-20(25)21(26)23-18-9-5-10-19(15-18)24-13-6-14-29(24,27)28/h2-5,7-10,15-16H,6,11-14H2,1H3,(H,22,25)(H,23,26). The summed E-state index contributed by atoms with van der Waals surface area (Å²) in [6.07, 6.45) is 2.09. The summed E-state index contributed by atoms with van der Waals surface area (Å²) in [5.41, 5.74) is 2.03. The van der Waals surface area contributed by atoms with Gasteiger partial charge in [-0.05, 0) is 49.9 Å². The molecule has 0 aliphatic carbocycles. The molecule has 1 atom stereocenters. The first-order valence-electron chi connectivity index (χ1n) is 9.61. The predicted molar refractivity (Wildman–Crippen MR) is 113 cm³/mol. The Morgan fingerprint density at radius 2 is 1.83 bits per heavy atom. The van der Waals surface area contributed by atoms with Gasteiger partial charge in [0.15, 0.2) is 0 Å². The van der Waals surface area contributed by atoms with E-state index in [1.807, 2.05) is 37.3 Å². The Balaban J connectivity index is 1.54. The van der Waals surface area contributed by atoms with Crippen molar-refractivity contribution in [2.75, 3.05) is 21.9 Å². The Bertz CT molecular complexity index is 976. The molecular formula is C21H25N3O4S. The van der Waals surface area contributed by atoms with E-state index in [1.54, 1.807) is 24.3 Å². The summed E-state index contributed by atoms with van der Waals surface area (Å²) in [5, 5.41) is 5.24. The molecule has 0 aromatic heterocycles. The average Bonchev–Trinajstić information content (AvgIpc) is 3.06. The van der Waals surface area contributed by atoms with Crippen LogP contribution in [0.3, 0.4) is 0 Å². The van der Waals surface area contributed by atoms with Crippen LogP contribution in [-0.4, -0.2) is 38.6 Å². The summed E-state index contributed by atoms with van der Waals surface area (Å²) in [7, 11) is -3.31. The molecular weight excluding hydrogens is 390 g/mol. The molecule has 1 fully saturated rings. The molecule has 7 nitrogen and oxygen atoms in total. The topological polar surface area (TPSA) is 95.6 Å². The molecule has 1 aliphatic rings. The molecule has 0 spiro atoms. The van der Waals surface area contributed by atoms with Crippen LogP contribution in [0.2, 0.25) is 0 Å². The fourth-order valence-corrected chi connectivity index (χ4v) is 4.80. The predicted octanol–water partition coefficient (Wildman–Crippen LogP) is 2.30.